The number of carbonyl (C=O) groups is 3. The van der Waals surface area contributed by atoms with E-state index in [0.29, 0.717) is 33.9 Å². The number of aromatic hydroxyl groups is 2. The summed E-state index contributed by atoms with van der Waals surface area (Å²) in [6.45, 7) is 8.32. The molecule has 21 heteroatoms. The van der Waals surface area contributed by atoms with E-state index in [-0.39, 0.29) is 46.0 Å². The highest BCUT2D eigenvalue weighted by molar-refractivity contribution is 6.01. The molecule has 19 nitrogen and oxygen atoms in total. The van der Waals surface area contributed by atoms with Gasteiger partial charge in [-0.05, 0) is 85.0 Å². The molecule has 2 aromatic heterocycles. The molecule has 3 aromatic carbocycles. The zero-order chi connectivity index (χ0) is 45.0. The van der Waals surface area contributed by atoms with Gasteiger partial charge in [0.15, 0.2) is 5.82 Å². The van der Waals surface area contributed by atoms with Crippen LogP contribution in [0.15, 0.2) is 77.7 Å². The number of aromatic nitrogens is 5. The van der Waals surface area contributed by atoms with Gasteiger partial charge in [-0.3, -0.25) is 23.5 Å². The number of nitrogens with one attached hydrogen (secondary N) is 4. The second-order valence-corrected chi connectivity index (χ2v) is 14.9. The number of benzene rings is 3. The smallest absolute Gasteiger partial charge is 0.351 e. The van der Waals surface area contributed by atoms with Gasteiger partial charge >= 0.3 is 11.6 Å². The minimum absolute atomic E-state index is 0.0413. The summed E-state index contributed by atoms with van der Waals surface area (Å²) in [6.07, 6.45) is -2.82. The lowest BCUT2D eigenvalue weighted by Gasteiger charge is -2.23. The molecule has 0 aliphatic carbocycles. The molecule has 1 aliphatic heterocycles. The Hall–Kier alpha value is -6.81. The van der Waals surface area contributed by atoms with E-state index in [9.17, 15) is 48.5 Å². The number of carbonyl (C=O) groups excluding carboxylic acids is 3. The number of hydrogen-bond donors (Lipinski definition) is 8. The average Bonchev–Trinajstić information content (AvgIpc) is 3.78. The number of hydroxylamine groups is 1. The van der Waals surface area contributed by atoms with Crippen molar-refractivity contribution in [2.24, 2.45) is 5.92 Å². The fraction of sp³-hybridized carbons (Fsp3) is 0.341. The zero-order valence-electron chi connectivity index (χ0n) is 34.0. The van der Waals surface area contributed by atoms with Crippen molar-refractivity contribution in [3.05, 3.63) is 100 Å². The molecular weight excluding hydrogens is 816 g/mol. The Kier molecular flexibility index (Phi) is 13.3. The second kappa shape index (κ2) is 18.4. The fourth-order valence-corrected chi connectivity index (χ4v) is 6.73. The molecule has 8 N–H and O–H groups in total. The van der Waals surface area contributed by atoms with Gasteiger partial charge in [-0.1, -0.05) is 27.7 Å². The molecule has 6 rings (SSSR count). The summed E-state index contributed by atoms with van der Waals surface area (Å²) in [6, 6.07) is 13.4. The Balaban J connectivity index is 1.13. The van der Waals surface area contributed by atoms with Gasteiger partial charge in [0.2, 0.25) is 18.0 Å². The molecule has 328 valence electrons. The fourth-order valence-electron chi connectivity index (χ4n) is 6.73. The molecule has 0 saturated carbocycles. The third-order valence-electron chi connectivity index (χ3n) is 9.97. The van der Waals surface area contributed by atoms with Gasteiger partial charge in [0.05, 0.1) is 12.2 Å². The molecule has 3 amide bonds. The third kappa shape index (κ3) is 9.10. The normalized spacial score (nSPS) is 17.5. The van der Waals surface area contributed by atoms with E-state index in [1.54, 1.807) is 51.1 Å². The molecule has 1 saturated heterocycles. The summed E-state index contributed by atoms with van der Waals surface area (Å²) >= 11 is 0. The van der Waals surface area contributed by atoms with Crippen LogP contribution in [0.3, 0.4) is 0 Å². The number of phenolic OH excluding ortho intramolecular Hbond substituents is 2. The molecule has 0 radical (unpaired) electrons. The Morgan fingerprint density at radius 1 is 0.935 bits per heavy atom. The lowest BCUT2D eigenvalue weighted by molar-refractivity contribution is -0.130. The first kappa shape index (κ1) is 44.7. The molecule has 1 fully saturated rings. The predicted octanol–water partition coefficient (Wildman–Crippen LogP) is 3.83. The Morgan fingerprint density at radius 3 is 2.16 bits per heavy atom. The Morgan fingerprint density at radius 2 is 1.60 bits per heavy atom. The molecule has 5 aromatic rings. The molecule has 62 heavy (non-hydrogen) atoms. The maximum absolute atomic E-state index is 14.9. The number of anilines is 1. The van der Waals surface area contributed by atoms with Crippen LogP contribution >= 0.6 is 0 Å². The molecule has 3 heterocycles. The second-order valence-electron chi connectivity index (χ2n) is 14.9. The van der Waals surface area contributed by atoms with E-state index >= 15 is 0 Å². The van der Waals surface area contributed by atoms with E-state index in [1.165, 1.54) is 40.4 Å². The van der Waals surface area contributed by atoms with E-state index in [2.05, 4.69) is 31.1 Å². The van der Waals surface area contributed by atoms with Crippen LogP contribution < -0.4 is 31.9 Å². The number of ether oxygens (including phenoxy) is 2. The number of rotatable bonds is 15. The zero-order valence-corrected chi connectivity index (χ0v) is 34.0. The number of amides is 3. The van der Waals surface area contributed by atoms with E-state index in [4.69, 9.17) is 9.47 Å². The molecule has 1 aliphatic rings. The van der Waals surface area contributed by atoms with Crippen LogP contribution in [0.4, 0.5) is 14.6 Å². The minimum Gasteiger partial charge on any atom is -0.508 e. The highest BCUT2D eigenvalue weighted by Gasteiger charge is 2.60. The standard InChI is InChI=1S/C41H45F2N9O10/c1-6-44-38(58)35-49-48-34(27-17-26(20(2)3)28(54)18-29(27)55)52(35)23-9-13-25(14-10-23)61-24-11-7-22(8-12-24)36(56)47-32(21(4)5)37(57)45-31-15-16-51(40(59)46-31)39-41(42,43)33(50-60)30(19-53)62-39/h7-18,20-21,30,32-33,39,50,53-55,60H,6,19H2,1-5H3,(H,44,58)(H,47,56)(H,45,46,57,59)/t30-,32+,33-,39-/m1/s1. The van der Waals surface area contributed by atoms with Crippen molar-refractivity contribution in [1.29, 1.82) is 0 Å². The van der Waals surface area contributed by atoms with Crippen LogP contribution in [0.25, 0.3) is 17.1 Å². The molecule has 0 spiro atoms. The van der Waals surface area contributed by atoms with Crippen molar-refractivity contribution in [1.82, 2.24) is 40.4 Å². The van der Waals surface area contributed by atoms with Gasteiger partial charge in [0, 0.05) is 30.1 Å². The summed E-state index contributed by atoms with van der Waals surface area (Å²) in [7, 11) is 0. The number of halogens is 2. The average molecular weight is 862 g/mol. The van der Waals surface area contributed by atoms with Crippen LogP contribution in [-0.2, 0) is 9.53 Å². The van der Waals surface area contributed by atoms with Crippen molar-refractivity contribution in [2.75, 3.05) is 18.5 Å². The van der Waals surface area contributed by atoms with Crippen molar-refractivity contribution >= 4 is 23.5 Å². The third-order valence-corrected chi connectivity index (χ3v) is 9.97. The van der Waals surface area contributed by atoms with Crippen LogP contribution in [0.5, 0.6) is 23.0 Å². The Bertz CT molecular complexity index is 2490. The van der Waals surface area contributed by atoms with Crippen molar-refractivity contribution in [3.63, 3.8) is 0 Å². The van der Waals surface area contributed by atoms with Gasteiger partial charge in [-0.25, -0.2) is 4.79 Å². The Labute approximate surface area is 352 Å². The predicted molar refractivity (Wildman–Crippen MR) is 217 cm³/mol. The van der Waals surface area contributed by atoms with E-state index < -0.39 is 66.3 Å². The first-order valence-electron chi connectivity index (χ1n) is 19.4. The highest BCUT2D eigenvalue weighted by Crippen LogP contribution is 2.42. The van der Waals surface area contributed by atoms with Gasteiger partial charge in [0.1, 0.15) is 47.0 Å². The van der Waals surface area contributed by atoms with Gasteiger partial charge in [0.25, 0.3) is 11.8 Å². The summed E-state index contributed by atoms with van der Waals surface area (Å²) in [4.78, 5) is 56.0. The SMILES string of the molecule is CCNC(=O)c1nnc(-c2cc(C(C)C)c(O)cc2O)n1-c1ccc(Oc2ccc(C(=O)N[C@H](C(=O)Nc3ccn([C@@H]4O[C@H](CO)[C@@H](NO)C4(F)F)c(=O)n3)C(C)C)cc2)cc1. The highest BCUT2D eigenvalue weighted by atomic mass is 19.3. The number of hydrogen-bond acceptors (Lipinski definition) is 14. The molecular formula is C41H45F2N9O10. The van der Waals surface area contributed by atoms with E-state index in [0.717, 1.165) is 12.3 Å². The molecule has 0 unspecified atom stereocenters. The number of alkyl halides is 2. The lowest BCUT2D eigenvalue weighted by atomic mass is 9.98. The van der Waals surface area contributed by atoms with Gasteiger partial charge in [-0.15, -0.1) is 10.2 Å². The number of phenols is 2. The maximum atomic E-state index is 14.9. The van der Waals surface area contributed by atoms with Crippen LogP contribution in [0.2, 0.25) is 0 Å². The quantitative estimate of drug-likeness (QED) is 0.0696. The maximum Gasteiger partial charge on any atom is 0.351 e. The first-order chi connectivity index (χ1) is 29.5. The van der Waals surface area contributed by atoms with Crippen molar-refractivity contribution in [3.8, 4) is 40.1 Å². The van der Waals surface area contributed by atoms with Crippen molar-refractivity contribution in [2.45, 2.75) is 70.9 Å². The first-order valence-corrected chi connectivity index (χ1v) is 19.4. The topological polar surface area (TPSA) is 264 Å². The van der Waals surface area contributed by atoms with Crippen molar-refractivity contribution < 1.29 is 53.2 Å². The number of aliphatic hydroxyl groups excluding tert-OH is 1. The van der Waals surface area contributed by atoms with Crippen LogP contribution in [0, 0.1) is 5.92 Å². The number of nitrogens with zero attached hydrogens (tertiary/aromatic N) is 5. The monoisotopic (exact) mass is 861 g/mol. The minimum atomic E-state index is -3.83. The van der Waals surface area contributed by atoms with Crippen LogP contribution in [-0.4, -0.2) is 99.8 Å². The van der Waals surface area contributed by atoms with Crippen LogP contribution in [0.1, 0.15) is 73.3 Å². The number of aliphatic hydroxyl groups is 1. The lowest BCUT2D eigenvalue weighted by Crippen LogP contribution is -2.49. The largest absolute Gasteiger partial charge is 0.508 e. The summed E-state index contributed by atoms with van der Waals surface area (Å²) < 4.78 is 42.8. The summed E-state index contributed by atoms with van der Waals surface area (Å²) in [5.41, 5.74) is 1.64. The molecule has 0 bridgehead atoms. The molecule has 4 atom stereocenters. The van der Waals surface area contributed by atoms with E-state index in [1.807, 2.05) is 13.8 Å². The summed E-state index contributed by atoms with van der Waals surface area (Å²) in [5, 5.41) is 55.9. The summed E-state index contributed by atoms with van der Waals surface area (Å²) in [5.74, 6) is -6.00. The van der Waals surface area contributed by atoms with Gasteiger partial charge in [-0.2, -0.15) is 19.2 Å². The van der Waals surface area contributed by atoms with Gasteiger partial charge < -0.3 is 46.0 Å².